The molecule has 34 heavy (non-hydrogen) atoms. The number of hydrogen-bond donors (Lipinski definition) is 3. The normalized spacial score (nSPS) is 13.3. The van der Waals surface area contributed by atoms with Gasteiger partial charge < -0.3 is 25.2 Å². The molecule has 0 bridgehead atoms. The lowest BCUT2D eigenvalue weighted by Crippen LogP contribution is -2.53. The highest BCUT2D eigenvalue weighted by molar-refractivity contribution is 5.93. The van der Waals surface area contributed by atoms with Gasteiger partial charge in [-0.25, -0.2) is 14.4 Å². The van der Waals surface area contributed by atoms with E-state index in [1.54, 1.807) is 45.0 Å². The number of carboxylic acids is 1. The fourth-order valence-electron chi connectivity index (χ4n) is 3.51. The van der Waals surface area contributed by atoms with Crippen LogP contribution in [0.3, 0.4) is 0 Å². The minimum Gasteiger partial charge on any atom is -0.480 e. The Labute approximate surface area is 198 Å². The monoisotopic (exact) mass is 475 g/mol. The molecule has 0 aliphatic heterocycles. The molecule has 186 valence electrons. The number of aliphatic carboxylic acids is 1. The predicted molar refractivity (Wildman–Crippen MR) is 126 cm³/mol. The molecule has 10 nitrogen and oxygen atoms in total. The zero-order chi connectivity index (χ0) is 25.6. The number of para-hydroxylation sites is 1. The summed E-state index contributed by atoms with van der Waals surface area (Å²) in [6, 6.07) is 4.73. The van der Waals surface area contributed by atoms with E-state index in [9.17, 15) is 24.3 Å². The number of ether oxygens (including phenoxy) is 2. The third-order valence-electron chi connectivity index (χ3n) is 4.92. The van der Waals surface area contributed by atoms with Crippen LogP contribution in [0.4, 0.5) is 9.59 Å². The van der Waals surface area contributed by atoms with Crippen molar-refractivity contribution in [2.45, 2.75) is 65.1 Å². The number of carboxylic acid groups (broad SMARTS) is 1. The molecule has 0 aliphatic rings. The van der Waals surface area contributed by atoms with Crippen molar-refractivity contribution in [3.63, 3.8) is 0 Å². The number of amides is 2. The van der Waals surface area contributed by atoms with Gasteiger partial charge in [0, 0.05) is 18.0 Å². The fraction of sp³-hybridized carbons (Fsp3) is 0.500. The second kappa shape index (κ2) is 11.0. The number of methoxy groups -OCH3 is 1. The Morgan fingerprint density at radius 3 is 2.26 bits per heavy atom. The molecule has 0 unspecified atom stereocenters. The number of fused-ring (bicyclic) bond motifs is 1. The summed E-state index contributed by atoms with van der Waals surface area (Å²) >= 11 is 0. The van der Waals surface area contributed by atoms with E-state index in [-0.39, 0.29) is 12.3 Å². The zero-order valence-electron chi connectivity index (χ0n) is 20.4. The van der Waals surface area contributed by atoms with E-state index in [1.165, 1.54) is 17.9 Å². The second-order valence-electron chi connectivity index (χ2n) is 9.44. The summed E-state index contributed by atoms with van der Waals surface area (Å²) in [7, 11) is 1.25. The number of benzene rings is 1. The van der Waals surface area contributed by atoms with E-state index in [1.807, 2.05) is 13.8 Å². The molecule has 1 aromatic heterocycles. The molecule has 10 heteroatoms. The van der Waals surface area contributed by atoms with Gasteiger partial charge in [-0.3, -0.25) is 9.36 Å². The van der Waals surface area contributed by atoms with Crippen LogP contribution < -0.4 is 10.6 Å². The average molecular weight is 476 g/mol. The molecule has 1 aromatic carbocycles. The molecule has 2 atom stereocenters. The first-order valence-corrected chi connectivity index (χ1v) is 11.0. The first-order chi connectivity index (χ1) is 15.8. The Hall–Kier alpha value is -3.56. The van der Waals surface area contributed by atoms with Gasteiger partial charge in [0.1, 0.15) is 17.7 Å². The summed E-state index contributed by atoms with van der Waals surface area (Å²) in [6.45, 7) is 8.88. The lowest BCUT2D eigenvalue weighted by atomic mass is 10.0. The summed E-state index contributed by atoms with van der Waals surface area (Å²) in [4.78, 5) is 49.4. The maximum Gasteiger partial charge on any atom is 0.418 e. The Bertz CT molecular complexity index is 1050. The van der Waals surface area contributed by atoms with Crippen molar-refractivity contribution in [2.24, 2.45) is 5.92 Å². The van der Waals surface area contributed by atoms with Crippen molar-refractivity contribution in [2.75, 3.05) is 7.11 Å². The van der Waals surface area contributed by atoms with Crippen LogP contribution >= 0.6 is 0 Å². The van der Waals surface area contributed by atoms with E-state index in [0.717, 1.165) is 0 Å². The van der Waals surface area contributed by atoms with Crippen molar-refractivity contribution in [1.82, 2.24) is 15.2 Å². The van der Waals surface area contributed by atoms with Crippen LogP contribution in [0.25, 0.3) is 10.9 Å². The van der Waals surface area contributed by atoms with Crippen molar-refractivity contribution >= 4 is 35.0 Å². The minimum absolute atomic E-state index is 0.0481. The number of carbonyl (C=O) groups excluding carboxylic acids is 3. The quantitative estimate of drug-likeness (QED) is 0.533. The van der Waals surface area contributed by atoms with Crippen molar-refractivity contribution in [3.05, 3.63) is 36.0 Å². The Balaban J connectivity index is 2.26. The van der Waals surface area contributed by atoms with E-state index >= 15 is 0 Å². The number of aromatic nitrogens is 1. The number of carbonyl (C=O) groups is 4. The number of nitrogens with zero attached hydrogens (tertiary/aromatic N) is 1. The Kier molecular flexibility index (Phi) is 8.67. The molecule has 2 amide bonds. The van der Waals surface area contributed by atoms with Gasteiger partial charge in [-0.05, 0) is 44.7 Å². The van der Waals surface area contributed by atoms with Gasteiger partial charge in [0.05, 0.1) is 12.6 Å². The van der Waals surface area contributed by atoms with Gasteiger partial charge in [0.15, 0.2) is 0 Å². The molecule has 0 fully saturated rings. The number of nitrogens with one attached hydrogen (secondary N) is 2. The lowest BCUT2D eigenvalue weighted by Gasteiger charge is -2.25. The van der Waals surface area contributed by atoms with Crippen molar-refractivity contribution in [1.29, 1.82) is 0 Å². The van der Waals surface area contributed by atoms with Gasteiger partial charge in [-0.15, -0.1) is 0 Å². The lowest BCUT2D eigenvalue weighted by molar-refractivity contribution is -0.142. The van der Waals surface area contributed by atoms with Crippen molar-refractivity contribution in [3.8, 4) is 0 Å². The standard InChI is InChI=1S/C24H33N3O7/c1-14(2)11-17(26-22(31)34-24(3,4)5)20(28)25-18(21(29)30)12-15-13-27(23(32)33-6)19-10-8-7-9-16(15)19/h7-10,13-14,17-18H,11-12H2,1-6H3,(H,25,28)(H,26,31)(H,29,30)/t17-,18+/m0/s1. The van der Waals surface area contributed by atoms with E-state index in [0.29, 0.717) is 22.9 Å². The van der Waals surface area contributed by atoms with E-state index in [4.69, 9.17) is 9.47 Å². The van der Waals surface area contributed by atoms with Crippen molar-refractivity contribution < 1.29 is 33.8 Å². The Morgan fingerprint density at radius 1 is 1.06 bits per heavy atom. The van der Waals surface area contributed by atoms with Gasteiger partial charge in [0.25, 0.3) is 0 Å². The molecule has 0 aliphatic carbocycles. The van der Waals surface area contributed by atoms with Gasteiger partial charge >= 0.3 is 18.2 Å². The average Bonchev–Trinajstić information content (AvgIpc) is 3.09. The molecular weight excluding hydrogens is 442 g/mol. The molecule has 3 N–H and O–H groups in total. The first-order valence-electron chi connectivity index (χ1n) is 11.0. The number of rotatable bonds is 8. The fourth-order valence-corrected chi connectivity index (χ4v) is 3.51. The highest BCUT2D eigenvalue weighted by Gasteiger charge is 2.30. The van der Waals surface area contributed by atoms with Crippen LogP contribution in [0.5, 0.6) is 0 Å². The maximum absolute atomic E-state index is 13.0. The maximum atomic E-state index is 13.0. The third-order valence-corrected chi connectivity index (χ3v) is 4.92. The minimum atomic E-state index is -1.29. The van der Waals surface area contributed by atoms with Gasteiger partial charge in [0.2, 0.25) is 5.91 Å². The largest absolute Gasteiger partial charge is 0.480 e. The zero-order valence-corrected chi connectivity index (χ0v) is 20.4. The molecule has 0 radical (unpaired) electrons. The van der Waals surface area contributed by atoms with Crippen LogP contribution in [0.1, 0.15) is 46.6 Å². The summed E-state index contributed by atoms with van der Waals surface area (Å²) in [5.41, 5.74) is 0.360. The molecule has 2 rings (SSSR count). The molecule has 0 saturated heterocycles. The van der Waals surface area contributed by atoms with Crippen LogP contribution in [0, 0.1) is 5.92 Å². The van der Waals surface area contributed by atoms with Crippen LogP contribution in [-0.4, -0.2) is 58.5 Å². The summed E-state index contributed by atoms with van der Waals surface area (Å²) in [6.07, 6.45) is 0.340. The molecule has 0 saturated carbocycles. The Morgan fingerprint density at radius 2 is 1.71 bits per heavy atom. The smallest absolute Gasteiger partial charge is 0.418 e. The summed E-state index contributed by atoms with van der Waals surface area (Å²) in [5.74, 6) is -1.83. The molecule has 1 heterocycles. The predicted octanol–water partition coefficient (Wildman–Crippen LogP) is 3.31. The third kappa shape index (κ3) is 7.23. The number of alkyl carbamates (subject to hydrolysis) is 1. The number of hydrogen-bond acceptors (Lipinski definition) is 6. The van der Waals surface area contributed by atoms with E-state index < -0.39 is 41.7 Å². The van der Waals surface area contributed by atoms with Crippen LogP contribution in [0.15, 0.2) is 30.5 Å². The van der Waals surface area contributed by atoms with Gasteiger partial charge in [-0.2, -0.15) is 0 Å². The highest BCUT2D eigenvalue weighted by Crippen LogP contribution is 2.23. The summed E-state index contributed by atoms with van der Waals surface area (Å²) in [5, 5.41) is 15.5. The van der Waals surface area contributed by atoms with Gasteiger partial charge in [-0.1, -0.05) is 32.0 Å². The molecule has 0 spiro atoms. The molecule has 2 aromatic rings. The van der Waals surface area contributed by atoms with Crippen LogP contribution in [0.2, 0.25) is 0 Å². The van der Waals surface area contributed by atoms with Crippen LogP contribution in [-0.2, 0) is 25.5 Å². The second-order valence-corrected chi connectivity index (χ2v) is 9.44. The summed E-state index contributed by atoms with van der Waals surface area (Å²) < 4.78 is 11.3. The molecular formula is C24H33N3O7. The highest BCUT2D eigenvalue weighted by atomic mass is 16.6. The van der Waals surface area contributed by atoms with E-state index in [2.05, 4.69) is 10.6 Å². The first kappa shape index (κ1) is 26.7. The SMILES string of the molecule is COC(=O)n1cc(C[C@@H](NC(=O)[C@H](CC(C)C)NC(=O)OC(C)(C)C)C(=O)O)c2ccccc21. The topological polar surface area (TPSA) is 136 Å².